The number of halogens is 1. The average Bonchev–Trinajstić information content (AvgIpc) is 2.53. The Hall–Kier alpha value is -1.99. The van der Waals surface area contributed by atoms with Crippen LogP contribution in [0, 0.1) is 0 Å². The van der Waals surface area contributed by atoms with Gasteiger partial charge in [-0.15, -0.1) is 11.8 Å². The molecule has 8 heteroatoms. The summed E-state index contributed by atoms with van der Waals surface area (Å²) in [5.41, 5.74) is 4.36. The van der Waals surface area contributed by atoms with Crippen LogP contribution in [-0.2, 0) is 14.1 Å². The molecule has 2 aromatic rings. The smallest absolute Gasteiger partial charge is 0.332 e. The van der Waals surface area contributed by atoms with Crippen LogP contribution in [0.2, 0.25) is 5.02 Å². The van der Waals surface area contributed by atoms with Gasteiger partial charge < -0.3 is 5.73 Å². The highest BCUT2D eigenvalue weighted by atomic mass is 35.5. The highest BCUT2D eigenvalue weighted by Crippen LogP contribution is 2.31. The molecule has 6 nitrogen and oxygen atoms in total. The first-order chi connectivity index (χ1) is 10.8. The third-order valence-electron chi connectivity index (χ3n) is 3.47. The molecule has 0 aliphatic rings. The number of nitrogens with zero attached hydrogens (tertiary/aromatic N) is 2. The molecule has 0 bridgehead atoms. The van der Waals surface area contributed by atoms with Crippen LogP contribution in [0.4, 0.5) is 5.82 Å². The number of hydrogen-bond acceptors (Lipinski definition) is 5. The number of carbonyl (C=O) groups is 1. The summed E-state index contributed by atoms with van der Waals surface area (Å²) in [6.45, 7) is 1.67. The minimum atomic E-state index is -0.692. The fourth-order valence-electron chi connectivity index (χ4n) is 2.08. The number of aromatic nitrogens is 2. The van der Waals surface area contributed by atoms with Crippen LogP contribution in [0.3, 0.4) is 0 Å². The van der Waals surface area contributed by atoms with E-state index in [4.69, 9.17) is 17.3 Å². The zero-order valence-electron chi connectivity index (χ0n) is 12.9. The Morgan fingerprint density at radius 3 is 2.43 bits per heavy atom. The zero-order chi connectivity index (χ0) is 17.3. The SMILES string of the molecule is CC(Sc1ccccc1Cl)C(=O)c1c(N)n(C)c(=O)n(C)c1=O. The van der Waals surface area contributed by atoms with Gasteiger partial charge in [0.2, 0.25) is 0 Å². The predicted molar refractivity (Wildman–Crippen MR) is 92.4 cm³/mol. The van der Waals surface area contributed by atoms with Crippen molar-refractivity contribution < 1.29 is 4.79 Å². The minimum Gasteiger partial charge on any atom is -0.384 e. The number of ketones is 1. The van der Waals surface area contributed by atoms with Crippen molar-refractivity contribution in [3.8, 4) is 0 Å². The summed E-state index contributed by atoms with van der Waals surface area (Å²) >= 11 is 7.32. The van der Waals surface area contributed by atoms with E-state index in [-0.39, 0.29) is 11.4 Å². The van der Waals surface area contributed by atoms with Crippen LogP contribution < -0.4 is 17.0 Å². The van der Waals surface area contributed by atoms with Gasteiger partial charge in [0.25, 0.3) is 5.56 Å². The maximum atomic E-state index is 12.6. The standard InChI is InChI=1S/C15H16ClN3O3S/c1-8(23-10-7-5-4-6-9(10)16)12(20)11-13(17)18(2)15(22)19(3)14(11)21/h4-8H,17H2,1-3H3. The molecule has 0 aliphatic carbocycles. The Balaban J connectivity index is 2.44. The molecule has 23 heavy (non-hydrogen) atoms. The number of benzene rings is 1. The number of carbonyl (C=O) groups excluding carboxylic acids is 1. The third-order valence-corrected chi connectivity index (χ3v) is 5.09. The van der Waals surface area contributed by atoms with Crippen molar-refractivity contribution in [3.05, 3.63) is 55.7 Å². The van der Waals surface area contributed by atoms with Crippen LogP contribution in [-0.4, -0.2) is 20.2 Å². The van der Waals surface area contributed by atoms with Gasteiger partial charge in [-0.25, -0.2) is 4.79 Å². The molecule has 0 amide bonds. The average molecular weight is 354 g/mol. The maximum absolute atomic E-state index is 12.6. The number of nitrogens with two attached hydrogens (primary N) is 1. The molecule has 0 radical (unpaired) electrons. The van der Waals surface area contributed by atoms with Gasteiger partial charge >= 0.3 is 5.69 Å². The second-order valence-corrected chi connectivity index (χ2v) is 6.81. The van der Waals surface area contributed by atoms with Gasteiger partial charge in [0.05, 0.1) is 10.3 Å². The van der Waals surface area contributed by atoms with Crippen molar-refractivity contribution in [2.24, 2.45) is 14.1 Å². The second kappa shape index (κ2) is 6.64. The van der Waals surface area contributed by atoms with Crippen molar-refractivity contribution in [1.29, 1.82) is 0 Å². The molecular formula is C15H16ClN3O3S. The second-order valence-electron chi connectivity index (χ2n) is 5.02. The lowest BCUT2D eigenvalue weighted by atomic mass is 10.1. The zero-order valence-corrected chi connectivity index (χ0v) is 14.4. The molecule has 2 N–H and O–H groups in total. The molecule has 1 aromatic carbocycles. The van der Waals surface area contributed by atoms with E-state index in [0.717, 1.165) is 14.0 Å². The quantitative estimate of drug-likeness (QED) is 0.667. The molecule has 122 valence electrons. The van der Waals surface area contributed by atoms with Crippen LogP contribution >= 0.6 is 23.4 Å². The first-order valence-electron chi connectivity index (χ1n) is 6.76. The van der Waals surface area contributed by atoms with Crippen molar-refractivity contribution in [3.63, 3.8) is 0 Å². The molecule has 0 saturated carbocycles. The molecule has 0 saturated heterocycles. The number of Topliss-reactive ketones (excluding diaryl/α,β-unsaturated/α-hetero) is 1. The van der Waals surface area contributed by atoms with Gasteiger partial charge in [-0.2, -0.15) is 0 Å². The molecule has 1 heterocycles. The van der Waals surface area contributed by atoms with Crippen molar-refractivity contribution in [2.75, 3.05) is 5.73 Å². The van der Waals surface area contributed by atoms with E-state index >= 15 is 0 Å². The fraction of sp³-hybridized carbons (Fsp3) is 0.267. The molecule has 0 spiro atoms. The Labute approximate surface area is 141 Å². The van der Waals surface area contributed by atoms with E-state index in [1.54, 1.807) is 25.1 Å². The van der Waals surface area contributed by atoms with Gasteiger partial charge in [-0.1, -0.05) is 23.7 Å². The highest BCUT2D eigenvalue weighted by Gasteiger charge is 2.25. The van der Waals surface area contributed by atoms with Crippen molar-refractivity contribution in [2.45, 2.75) is 17.1 Å². The van der Waals surface area contributed by atoms with E-state index in [2.05, 4.69) is 0 Å². The molecule has 0 aliphatic heterocycles. The number of hydrogen-bond donors (Lipinski definition) is 1. The van der Waals surface area contributed by atoms with Crippen LogP contribution in [0.1, 0.15) is 17.3 Å². The lowest BCUT2D eigenvalue weighted by Crippen LogP contribution is -2.42. The summed E-state index contributed by atoms with van der Waals surface area (Å²) < 4.78 is 1.96. The van der Waals surface area contributed by atoms with Gasteiger partial charge in [0.15, 0.2) is 5.78 Å². The molecular weight excluding hydrogens is 338 g/mol. The Morgan fingerprint density at radius 2 is 1.83 bits per heavy atom. The monoisotopic (exact) mass is 353 g/mol. The summed E-state index contributed by atoms with van der Waals surface area (Å²) in [5, 5.41) is -0.0547. The Kier molecular flexibility index (Phi) is 5.01. The van der Waals surface area contributed by atoms with Crippen LogP contribution in [0.15, 0.2) is 38.8 Å². The Bertz CT molecular complexity index is 889. The first-order valence-corrected chi connectivity index (χ1v) is 8.02. The number of thioether (sulfide) groups is 1. The molecule has 0 fully saturated rings. The summed E-state index contributed by atoms with van der Waals surface area (Å²) in [7, 11) is 2.73. The third kappa shape index (κ3) is 3.20. The summed E-state index contributed by atoms with van der Waals surface area (Å²) in [6, 6.07) is 7.12. The van der Waals surface area contributed by atoms with Gasteiger partial charge in [-0.3, -0.25) is 18.7 Å². The highest BCUT2D eigenvalue weighted by molar-refractivity contribution is 8.00. The molecule has 1 unspecified atom stereocenters. The lowest BCUT2D eigenvalue weighted by Gasteiger charge is -2.14. The number of rotatable bonds is 4. The van der Waals surface area contributed by atoms with E-state index < -0.39 is 22.3 Å². The predicted octanol–water partition coefficient (Wildman–Crippen LogP) is 1.68. The fourth-order valence-corrected chi connectivity index (χ4v) is 3.29. The largest absolute Gasteiger partial charge is 0.384 e. The Morgan fingerprint density at radius 1 is 1.22 bits per heavy atom. The van der Waals surface area contributed by atoms with Crippen molar-refractivity contribution in [1.82, 2.24) is 9.13 Å². The molecule has 2 rings (SSSR count). The van der Waals surface area contributed by atoms with Gasteiger partial charge in [-0.05, 0) is 19.1 Å². The molecule has 1 aromatic heterocycles. The van der Waals surface area contributed by atoms with Gasteiger partial charge in [0, 0.05) is 19.0 Å². The summed E-state index contributed by atoms with van der Waals surface area (Å²) in [4.78, 5) is 37.4. The lowest BCUT2D eigenvalue weighted by molar-refractivity contribution is 0.0992. The normalized spacial score (nSPS) is 12.2. The van der Waals surface area contributed by atoms with E-state index in [9.17, 15) is 14.4 Å². The van der Waals surface area contributed by atoms with Gasteiger partial charge in [0.1, 0.15) is 11.4 Å². The summed E-state index contributed by atoms with van der Waals surface area (Å²) in [5.74, 6) is -0.571. The maximum Gasteiger partial charge on any atom is 0.332 e. The van der Waals surface area contributed by atoms with E-state index in [1.165, 1.54) is 25.9 Å². The molecule has 1 atom stereocenters. The number of nitrogen functional groups attached to an aromatic ring is 1. The number of anilines is 1. The minimum absolute atomic E-state index is 0.130. The van der Waals surface area contributed by atoms with Crippen LogP contribution in [0.25, 0.3) is 0 Å². The first kappa shape index (κ1) is 17.4. The van der Waals surface area contributed by atoms with Crippen molar-refractivity contribution >= 4 is 35.0 Å². The van der Waals surface area contributed by atoms with E-state index in [0.29, 0.717) is 5.02 Å². The van der Waals surface area contributed by atoms with Crippen LogP contribution in [0.5, 0.6) is 0 Å². The van der Waals surface area contributed by atoms with E-state index in [1.807, 2.05) is 6.07 Å². The topological polar surface area (TPSA) is 87.1 Å². The summed E-state index contributed by atoms with van der Waals surface area (Å²) in [6.07, 6.45) is 0.